The Kier molecular flexibility index (Phi) is 5.72. The van der Waals surface area contributed by atoms with Crippen LogP contribution in [0.2, 0.25) is 0 Å². The summed E-state index contributed by atoms with van der Waals surface area (Å²) in [5.41, 5.74) is 1.74. The number of ether oxygens (including phenoxy) is 3. The van der Waals surface area contributed by atoms with Gasteiger partial charge in [0, 0.05) is 37.7 Å². The Labute approximate surface area is 144 Å². The highest BCUT2D eigenvalue weighted by Crippen LogP contribution is 2.35. The van der Waals surface area contributed by atoms with Crippen molar-refractivity contribution in [3.05, 3.63) is 29.3 Å². The van der Waals surface area contributed by atoms with Gasteiger partial charge in [-0.15, -0.1) is 0 Å². The van der Waals surface area contributed by atoms with E-state index >= 15 is 0 Å². The average molecular weight is 330 g/mol. The molecule has 1 heterocycles. The number of nitrogens with zero attached hydrogens (tertiary/aromatic N) is 2. The zero-order valence-corrected chi connectivity index (χ0v) is 14.5. The number of morpholine rings is 1. The second-order valence-electron chi connectivity index (χ2n) is 6.62. The van der Waals surface area contributed by atoms with Gasteiger partial charge in [0.1, 0.15) is 5.75 Å². The molecule has 0 spiro atoms. The van der Waals surface area contributed by atoms with Crippen LogP contribution < -0.4 is 4.74 Å². The van der Waals surface area contributed by atoms with Crippen LogP contribution in [0.5, 0.6) is 5.75 Å². The fraction of sp³-hybridized carbons (Fsp3) is 0.632. The van der Waals surface area contributed by atoms with E-state index in [1.807, 2.05) is 19.2 Å². The molecule has 1 saturated carbocycles. The Balaban J connectivity index is 1.80. The van der Waals surface area contributed by atoms with E-state index in [0.717, 1.165) is 44.0 Å². The number of hydrogen-bond acceptors (Lipinski definition) is 5. The normalized spacial score (nSPS) is 27.8. The first kappa shape index (κ1) is 17.2. The summed E-state index contributed by atoms with van der Waals surface area (Å²) in [4.78, 5) is 2.48. The van der Waals surface area contributed by atoms with E-state index in [1.54, 1.807) is 13.2 Å². The van der Waals surface area contributed by atoms with Gasteiger partial charge in [-0.2, -0.15) is 5.26 Å². The SMILES string of the molecule is COc1ccc(C#N)cc1CN1CCOCC1C1CCCC1OC. The van der Waals surface area contributed by atoms with Crippen LogP contribution in [0.15, 0.2) is 18.2 Å². The summed E-state index contributed by atoms with van der Waals surface area (Å²) < 4.78 is 17.0. The van der Waals surface area contributed by atoms with Gasteiger partial charge in [0.05, 0.1) is 38.1 Å². The molecule has 3 rings (SSSR count). The molecule has 1 aromatic rings. The molecule has 1 saturated heterocycles. The number of benzene rings is 1. The van der Waals surface area contributed by atoms with E-state index < -0.39 is 0 Å². The Hall–Kier alpha value is -1.61. The lowest BCUT2D eigenvalue weighted by atomic mass is 9.93. The van der Waals surface area contributed by atoms with Crippen LogP contribution in [0.1, 0.15) is 30.4 Å². The average Bonchev–Trinajstić information content (AvgIpc) is 3.10. The minimum atomic E-state index is 0.325. The van der Waals surface area contributed by atoms with Gasteiger partial charge in [-0.05, 0) is 31.0 Å². The molecule has 130 valence electrons. The van der Waals surface area contributed by atoms with Gasteiger partial charge in [-0.25, -0.2) is 0 Å². The van der Waals surface area contributed by atoms with Crippen molar-refractivity contribution in [2.45, 2.75) is 38.0 Å². The zero-order valence-electron chi connectivity index (χ0n) is 14.5. The Bertz CT molecular complexity index is 599. The second kappa shape index (κ2) is 7.98. The molecule has 0 amide bonds. The summed E-state index contributed by atoms with van der Waals surface area (Å²) in [5.74, 6) is 1.36. The molecule has 0 radical (unpaired) electrons. The molecule has 3 unspecified atom stereocenters. The van der Waals surface area contributed by atoms with Crippen LogP contribution >= 0.6 is 0 Å². The van der Waals surface area contributed by atoms with Crippen molar-refractivity contribution in [2.75, 3.05) is 34.0 Å². The van der Waals surface area contributed by atoms with Crippen LogP contribution in [0, 0.1) is 17.2 Å². The van der Waals surface area contributed by atoms with Crippen LogP contribution in [0.25, 0.3) is 0 Å². The van der Waals surface area contributed by atoms with Crippen LogP contribution in [0.3, 0.4) is 0 Å². The van der Waals surface area contributed by atoms with Crippen LogP contribution in [-0.2, 0) is 16.0 Å². The maximum atomic E-state index is 9.18. The first-order chi connectivity index (χ1) is 11.8. The van der Waals surface area contributed by atoms with Crippen molar-refractivity contribution in [3.8, 4) is 11.8 Å². The molecular weight excluding hydrogens is 304 g/mol. The topological polar surface area (TPSA) is 54.7 Å². The molecule has 5 heteroatoms. The molecule has 2 aliphatic rings. The highest BCUT2D eigenvalue weighted by molar-refractivity contribution is 5.42. The third-order valence-electron chi connectivity index (χ3n) is 5.36. The van der Waals surface area contributed by atoms with E-state index in [4.69, 9.17) is 14.2 Å². The van der Waals surface area contributed by atoms with Crippen molar-refractivity contribution < 1.29 is 14.2 Å². The van der Waals surface area contributed by atoms with E-state index in [-0.39, 0.29) is 0 Å². The summed E-state index contributed by atoms with van der Waals surface area (Å²) >= 11 is 0. The lowest BCUT2D eigenvalue weighted by Gasteiger charge is -2.40. The molecule has 0 aromatic heterocycles. The predicted molar refractivity (Wildman–Crippen MR) is 90.9 cm³/mol. The summed E-state index contributed by atoms with van der Waals surface area (Å²) in [6, 6.07) is 8.21. The molecule has 5 nitrogen and oxygen atoms in total. The first-order valence-electron chi connectivity index (χ1n) is 8.68. The smallest absolute Gasteiger partial charge is 0.123 e. The Morgan fingerprint density at radius 1 is 1.33 bits per heavy atom. The summed E-state index contributed by atoms with van der Waals surface area (Å²) in [6.45, 7) is 3.18. The highest BCUT2D eigenvalue weighted by atomic mass is 16.5. The lowest BCUT2D eigenvalue weighted by Crippen LogP contribution is -2.50. The van der Waals surface area contributed by atoms with Crippen molar-refractivity contribution >= 4 is 0 Å². The number of nitriles is 1. The van der Waals surface area contributed by atoms with E-state index in [2.05, 4.69) is 11.0 Å². The van der Waals surface area contributed by atoms with Gasteiger partial charge < -0.3 is 14.2 Å². The highest BCUT2D eigenvalue weighted by Gasteiger charge is 2.38. The molecular formula is C19H26N2O3. The molecule has 1 aliphatic heterocycles. The van der Waals surface area contributed by atoms with Gasteiger partial charge in [-0.1, -0.05) is 6.42 Å². The molecule has 3 atom stereocenters. The maximum absolute atomic E-state index is 9.18. The van der Waals surface area contributed by atoms with E-state index in [9.17, 15) is 5.26 Å². The molecule has 0 N–H and O–H groups in total. The number of rotatable bonds is 5. The fourth-order valence-electron chi connectivity index (χ4n) is 4.13. The molecule has 1 aliphatic carbocycles. The Morgan fingerprint density at radius 3 is 2.96 bits per heavy atom. The molecule has 24 heavy (non-hydrogen) atoms. The van der Waals surface area contributed by atoms with Gasteiger partial charge in [0.2, 0.25) is 0 Å². The summed E-state index contributed by atoms with van der Waals surface area (Å²) in [7, 11) is 3.50. The number of hydrogen-bond donors (Lipinski definition) is 0. The van der Waals surface area contributed by atoms with Gasteiger partial charge >= 0.3 is 0 Å². The van der Waals surface area contributed by atoms with E-state index in [0.29, 0.717) is 23.6 Å². The summed E-state index contributed by atoms with van der Waals surface area (Å²) in [6.07, 6.45) is 3.88. The largest absolute Gasteiger partial charge is 0.496 e. The van der Waals surface area contributed by atoms with Crippen molar-refractivity contribution in [1.29, 1.82) is 5.26 Å². The standard InChI is InChI=1S/C19H26N2O3/c1-22-18-7-6-14(11-20)10-15(18)12-21-8-9-24-13-17(21)16-4-3-5-19(16)23-2/h6-7,10,16-17,19H,3-5,8-9,12-13H2,1-2H3. The molecule has 1 aromatic carbocycles. The monoisotopic (exact) mass is 330 g/mol. The minimum Gasteiger partial charge on any atom is -0.496 e. The van der Waals surface area contributed by atoms with E-state index in [1.165, 1.54) is 12.8 Å². The minimum absolute atomic E-state index is 0.325. The molecule has 2 fully saturated rings. The second-order valence-corrected chi connectivity index (χ2v) is 6.62. The quantitative estimate of drug-likeness (QED) is 0.830. The van der Waals surface area contributed by atoms with Gasteiger partial charge in [0.25, 0.3) is 0 Å². The van der Waals surface area contributed by atoms with Crippen molar-refractivity contribution in [2.24, 2.45) is 5.92 Å². The zero-order chi connectivity index (χ0) is 16.9. The van der Waals surface area contributed by atoms with Gasteiger partial charge in [-0.3, -0.25) is 4.90 Å². The van der Waals surface area contributed by atoms with Crippen LogP contribution in [-0.4, -0.2) is 51.0 Å². The van der Waals surface area contributed by atoms with Gasteiger partial charge in [0.15, 0.2) is 0 Å². The lowest BCUT2D eigenvalue weighted by molar-refractivity contribution is -0.0609. The molecule has 0 bridgehead atoms. The third kappa shape index (κ3) is 3.56. The van der Waals surface area contributed by atoms with Crippen molar-refractivity contribution in [3.63, 3.8) is 0 Å². The first-order valence-corrected chi connectivity index (χ1v) is 8.68. The Morgan fingerprint density at radius 2 is 2.21 bits per heavy atom. The fourth-order valence-corrected chi connectivity index (χ4v) is 4.13. The predicted octanol–water partition coefficient (Wildman–Crippen LogP) is 2.58. The summed E-state index contributed by atoms with van der Waals surface area (Å²) in [5, 5.41) is 9.18. The number of methoxy groups -OCH3 is 2. The third-order valence-corrected chi connectivity index (χ3v) is 5.36. The van der Waals surface area contributed by atoms with Crippen molar-refractivity contribution in [1.82, 2.24) is 4.90 Å². The van der Waals surface area contributed by atoms with Crippen LogP contribution in [0.4, 0.5) is 0 Å². The maximum Gasteiger partial charge on any atom is 0.123 e.